The molecule has 0 aromatic carbocycles. The van der Waals surface area contributed by atoms with Crippen molar-refractivity contribution in [2.24, 2.45) is 11.7 Å². The molecule has 94 valence electrons. The highest BCUT2D eigenvalue weighted by Gasteiger charge is 2.22. The maximum Gasteiger partial charge on any atom is 0.323 e. The highest BCUT2D eigenvalue weighted by molar-refractivity contribution is 5.76. The number of carbonyl (C=O) groups is 2. The molecule has 0 aliphatic heterocycles. The minimum absolute atomic E-state index is 0.0940. The first kappa shape index (κ1) is 14.9. The van der Waals surface area contributed by atoms with Gasteiger partial charge in [0.25, 0.3) is 0 Å². The molecule has 0 saturated carbocycles. The van der Waals surface area contributed by atoms with Crippen LogP contribution in [-0.2, 0) is 19.1 Å². The summed E-state index contributed by atoms with van der Waals surface area (Å²) in [7, 11) is 0. The lowest BCUT2D eigenvalue weighted by Crippen LogP contribution is -2.38. The van der Waals surface area contributed by atoms with E-state index in [2.05, 4.69) is 0 Å². The Labute approximate surface area is 96.3 Å². The molecule has 0 saturated heterocycles. The fraction of sp³-hybridized carbons (Fsp3) is 0.818. The molecule has 0 amide bonds. The van der Waals surface area contributed by atoms with Crippen molar-refractivity contribution in [3.63, 3.8) is 0 Å². The molecule has 16 heavy (non-hydrogen) atoms. The van der Waals surface area contributed by atoms with Crippen molar-refractivity contribution < 1.29 is 19.1 Å². The van der Waals surface area contributed by atoms with Gasteiger partial charge in [-0.1, -0.05) is 6.92 Å². The lowest BCUT2D eigenvalue weighted by Gasteiger charge is -2.17. The molecule has 0 bridgehead atoms. The molecule has 0 aromatic rings. The number of ether oxygens (including phenoxy) is 2. The van der Waals surface area contributed by atoms with Gasteiger partial charge in [-0.15, -0.1) is 0 Å². The Morgan fingerprint density at radius 2 is 1.75 bits per heavy atom. The Morgan fingerprint density at radius 1 is 1.19 bits per heavy atom. The average Bonchev–Trinajstić information content (AvgIpc) is 2.25. The summed E-state index contributed by atoms with van der Waals surface area (Å²) >= 11 is 0. The van der Waals surface area contributed by atoms with Crippen LogP contribution in [0.4, 0.5) is 0 Å². The van der Waals surface area contributed by atoms with Gasteiger partial charge < -0.3 is 15.2 Å². The van der Waals surface area contributed by atoms with Gasteiger partial charge in [0.1, 0.15) is 6.04 Å². The molecule has 2 unspecified atom stereocenters. The molecule has 2 N–H and O–H groups in total. The molecular weight excluding hydrogens is 210 g/mol. The van der Waals surface area contributed by atoms with Gasteiger partial charge >= 0.3 is 11.9 Å². The molecule has 0 rings (SSSR count). The van der Waals surface area contributed by atoms with Gasteiger partial charge in [0.2, 0.25) is 0 Å². The van der Waals surface area contributed by atoms with Gasteiger partial charge in [0, 0.05) is 6.42 Å². The predicted molar refractivity (Wildman–Crippen MR) is 59.6 cm³/mol. The molecule has 0 radical (unpaired) electrons. The molecule has 0 aliphatic carbocycles. The van der Waals surface area contributed by atoms with Crippen LogP contribution in [0.3, 0.4) is 0 Å². The van der Waals surface area contributed by atoms with Gasteiger partial charge in [-0.25, -0.2) is 0 Å². The average molecular weight is 231 g/mol. The summed E-state index contributed by atoms with van der Waals surface area (Å²) in [6.45, 7) is 5.99. The lowest BCUT2D eigenvalue weighted by atomic mass is 9.97. The van der Waals surface area contributed by atoms with Gasteiger partial charge in [-0.2, -0.15) is 0 Å². The zero-order valence-electron chi connectivity index (χ0n) is 10.2. The summed E-state index contributed by atoms with van der Waals surface area (Å²) < 4.78 is 9.58. The number of esters is 2. The van der Waals surface area contributed by atoms with E-state index < -0.39 is 12.0 Å². The fourth-order valence-electron chi connectivity index (χ4n) is 1.23. The normalized spacial score (nSPS) is 14.0. The lowest BCUT2D eigenvalue weighted by molar-refractivity contribution is -0.147. The Balaban J connectivity index is 3.91. The van der Waals surface area contributed by atoms with Crippen LogP contribution in [0.15, 0.2) is 0 Å². The highest BCUT2D eigenvalue weighted by atomic mass is 16.5. The van der Waals surface area contributed by atoms with Crippen LogP contribution in [-0.4, -0.2) is 31.2 Å². The molecule has 0 aromatic heterocycles. The molecule has 0 heterocycles. The van der Waals surface area contributed by atoms with Crippen LogP contribution in [0, 0.1) is 5.92 Å². The van der Waals surface area contributed by atoms with Gasteiger partial charge in [0.15, 0.2) is 0 Å². The zero-order valence-corrected chi connectivity index (χ0v) is 10.2. The minimum Gasteiger partial charge on any atom is -0.466 e. The van der Waals surface area contributed by atoms with E-state index in [0.717, 1.165) is 0 Å². The van der Waals surface area contributed by atoms with E-state index in [9.17, 15) is 9.59 Å². The van der Waals surface area contributed by atoms with E-state index in [-0.39, 0.29) is 18.3 Å². The van der Waals surface area contributed by atoms with Crippen molar-refractivity contribution in [2.75, 3.05) is 13.2 Å². The smallest absolute Gasteiger partial charge is 0.323 e. The Morgan fingerprint density at radius 3 is 2.25 bits per heavy atom. The molecule has 5 heteroatoms. The molecule has 5 nitrogen and oxygen atoms in total. The van der Waals surface area contributed by atoms with E-state index in [0.29, 0.717) is 19.6 Å². The fourth-order valence-corrected chi connectivity index (χ4v) is 1.23. The summed E-state index contributed by atoms with van der Waals surface area (Å²) in [5.41, 5.74) is 5.68. The van der Waals surface area contributed by atoms with Crippen LogP contribution < -0.4 is 5.73 Å². The van der Waals surface area contributed by atoms with Crippen molar-refractivity contribution in [3.8, 4) is 0 Å². The van der Waals surface area contributed by atoms with Gasteiger partial charge in [0.05, 0.1) is 13.2 Å². The van der Waals surface area contributed by atoms with E-state index in [1.807, 2.05) is 6.92 Å². The number of carbonyl (C=O) groups excluding carboxylic acids is 2. The zero-order chi connectivity index (χ0) is 12.6. The van der Waals surface area contributed by atoms with Crippen molar-refractivity contribution in [1.29, 1.82) is 0 Å². The summed E-state index contributed by atoms with van der Waals surface area (Å²) in [6, 6.07) is -0.672. The van der Waals surface area contributed by atoms with E-state index >= 15 is 0 Å². The first-order chi connectivity index (χ1) is 7.52. The van der Waals surface area contributed by atoms with Crippen molar-refractivity contribution >= 4 is 11.9 Å². The first-order valence-corrected chi connectivity index (χ1v) is 5.60. The largest absolute Gasteiger partial charge is 0.466 e. The Kier molecular flexibility index (Phi) is 7.54. The number of hydrogen-bond acceptors (Lipinski definition) is 5. The Bertz CT molecular complexity index is 230. The Hall–Kier alpha value is -1.10. The van der Waals surface area contributed by atoms with E-state index in [1.54, 1.807) is 13.8 Å². The monoisotopic (exact) mass is 231 g/mol. The van der Waals surface area contributed by atoms with Crippen LogP contribution in [0.5, 0.6) is 0 Å². The van der Waals surface area contributed by atoms with E-state index in [1.165, 1.54) is 0 Å². The van der Waals surface area contributed by atoms with Gasteiger partial charge in [-0.05, 0) is 26.2 Å². The maximum atomic E-state index is 11.3. The van der Waals surface area contributed by atoms with Crippen molar-refractivity contribution in [3.05, 3.63) is 0 Å². The third kappa shape index (κ3) is 5.70. The predicted octanol–water partition coefficient (Wildman–Crippen LogP) is 0.856. The third-order valence-corrected chi connectivity index (χ3v) is 2.28. The second kappa shape index (κ2) is 8.10. The van der Waals surface area contributed by atoms with Crippen LogP contribution in [0.2, 0.25) is 0 Å². The van der Waals surface area contributed by atoms with Crippen molar-refractivity contribution in [1.82, 2.24) is 0 Å². The van der Waals surface area contributed by atoms with Crippen LogP contribution in [0.1, 0.15) is 33.6 Å². The molecule has 2 atom stereocenters. The van der Waals surface area contributed by atoms with Gasteiger partial charge in [-0.3, -0.25) is 9.59 Å². The summed E-state index contributed by atoms with van der Waals surface area (Å²) in [5, 5.41) is 0. The van der Waals surface area contributed by atoms with Crippen LogP contribution >= 0.6 is 0 Å². The second-order valence-corrected chi connectivity index (χ2v) is 3.60. The van der Waals surface area contributed by atoms with Crippen molar-refractivity contribution in [2.45, 2.75) is 39.7 Å². The topological polar surface area (TPSA) is 78.6 Å². The molecule has 0 aliphatic rings. The minimum atomic E-state index is -0.672. The summed E-state index contributed by atoms with van der Waals surface area (Å²) in [6.07, 6.45) is 0.806. The molecule has 0 fully saturated rings. The highest BCUT2D eigenvalue weighted by Crippen LogP contribution is 2.11. The number of nitrogens with two attached hydrogens (primary N) is 1. The second-order valence-electron chi connectivity index (χ2n) is 3.60. The first-order valence-electron chi connectivity index (χ1n) is 5.60. The third-order valence-electron chi connectivity index (χ3n) is 2.28. The quantitative estimate of drug-likeness (QED) is 0.657. The summed E-state index contributed by atoms with van der Waals surface area (Å²) in [5.74, 6) is -0.771. The SMILES string of the molecule is CCOC(=O)CCC(C)C(N)C(=O)OCC. The number of rotatable bonds is 7. The molecule has 0 spiro atoms. The summed E-state index contributed by atoms with van der Waals surface area (Å²) in [4.78, 5) is 22.4. The van der Waals surface area contributed by atoms with E-state index in [4.69, 9.17) is 15.2 Å². The number of hydrogen-bond donors (Lipinski definition) is 1. The van der Waals surface area contributed by atoms with Crippen LogP contribution in [0.25, 0.3) is 0 Å². The standard InChI is InChI=1S/C11H21NO4/c1-4-15-9(13)7-6-8(3)10(12)11(14)16-5-2/h8,10H,4-7,12H2,1-3H3. The molecular formula is C11H21NO4. The maximum absolute atomic E-state index is 11.3.